The highest BCUT2D eigenvalue weighted by atomic mass is 19.2. The maximum absolute atomic E-state index is 11.4. The van der Waals surface area contributed by atoms with Crippen LogP contribution in [0.5, 0.6) is 0 Å². The molecule has 0 unspecified atom stereocenters. The van der Waals surface area contributed by atoms with E-state index in [2.05, 4.69) is 15.5 Å². The highest BCUT2D eigenvalue weighted by Gasteiger charge is 1.99. The van der Waals surface area contributed by atoms with Crippen LogP contribution in [0.4, 0.5) is 9.28 Å². The van der Waals surface area contributed by atoms with Crippen molar-refractivity contribution < 1.29 is 14.0 Å². The molecule has 0 radical (unpaired) electrons. The lowest BCUT2D eigenvalue weighted by atomic mass is 10.2. The summed E-state index contributed by atoms with van der Waals surface area (Å²) in [5.74, 6) is 5.11. The van der Waals surface area contributed by atoms with E-state index >= 15 is 0 Å². The monoisotopic (exact) mass is 236 g/mol. The van der Waals surface area contributed by atoms with Crippen LogP contribution in [0.1, 0.15) is 25.7 Å². The van der Waals surface area contributed by atoms with Gasteiger partial charge in [0.25, 0.3) is 0 Å². The third-order valence-electron chi connectivity index (χ3n) is 1.95. The second kappa shape index (κ2) is 12.2. The summed E-state index contributed by atoms with van der Waals surface area (Å²) in [7, 11) is 0. The van der Waals surface area contributed by atoms with Crippen molar-refractivity contribution in [3.8, 4) is 0 Å². The number of hydrogen-bond donors (Lipinski definition) is 4. The van der Waals surface area contributed by atoms with Crippen molar-refractivity contribution in [3.63, 3.8) is 0 Å². The number of hydrogen-bond acceptors (Lipinski definition) is 5. The van der Waals surface area contributed by atoms with Gasteiger partial charge in [-0.2, -0.15) is 5.54 Å². The Bertz CT molecular complexity index is 172. The van der Waals surface area contributed by atoms with Gasteiger partial charge in [-0.05, 0) is 12.8 Å². The molecule has 0 aliphatic rings. The van der Waals surface area contributed by atoms with Gasteiger partial charge < -0.3 is 10.1 Å². The largest absolute Gasteiger partial charge is 0.448 e. The number of carbonyl (C=O) groups excluding carboxylic acids is 1. The summed E-state index contributed by atoms with van der Waals surface area (Å²) < 4.78 is 16.1. The van der Waals surface area contributed by atoms with Gasteiger partial charge in [0.15, 0.2) is 0 Å². The molecule has 0 aromatic rings. The van der Waals surface area contributed by atoms with E-state index in [1.54, 1.807) is 0 Å². The first-order valence-electron chi connectivity index (χ1n) is 5.49. The van der Waals surface area contributed by atoms with Crippen LogP contribution in [0.2, 0.25) is 0 Å². The van der Waals surface area contributed by atoms with E-state index in [1.807, 2.05) is 0 Å². The number of ether oxygens (including phenoxy) is 1. The smallest absolute Gasteiger partial charge is 0.407 e. The standard InChI is InChI=1S/C9H21FN4O2/c10-13-7-8-16-9(15)12-5-3-1-2-4-6-14-11/h13-14H,1-8,11H2,(H,12,15). The zero-order valence-corrected chi connectivity index (χ0v) is 9.43. The topological polar surface area (TPSA) is 88.4 Å². The quantitative estimate of drug-likeness (QED) is 0.188. The van der Waals surface area contributed by atoms with E-state index in [1.165, 1.54) is 5.54 Å². The summed E-state index contributed by atoms with van der Waals surface area (Å²) in [5, 5.41) is 2.58. The molecule has 6 nitrogen and oxygen atoms in total. The van der Waals surface area contributed by atoms with E-state index in [9.17, 15) is 9.28 Å². The van der Waals surface area contributed by atoms with Crippen LogP contribution < -0.4 is 22.1 Å². The summed E-state index contributed by atoms with van der Waals surface area (Å²) >= 11 is 0. The number of unbranched alkanes of at least 4 members (excludes halogenated alkanes) is 3. The van der Waals surface area contributed by atoms with Crippen LogP contribution in [0, 0.1) is 0 Å². The van der Waals surface area contributed by atoms with Crippen LogP contribution in [0.25, 0.3) is 0 Å². The lowest BCUT2D eigenvalue weighted by molar-refractivity contribution is 0.139. The Hall–Kier alpha value is -0.920. The molecule has 0 rings (SSSR count). The molecule has 0 bridgehead atoms. The Labute approximate surface area is 95.0 Å². The van der Waals surface area contributed by atoms with Gasteiger partial charge >= 0.3 is 6.09 Å². The van der Waals surface area contributed by atoms with Crippen molar-refractivity contribution in [3.05, 3.63) is 0 Å². The first-order chi connectivity index (χ1) is 7.81. The van der Waals surface area contributed by atoms with Gasteiger partial charge in [-0.1, -0.05) is 12.8 Å². The Morgan fingerprint density at radius 1 is 1.12 bits per heavy atom. The minimum absolute atomic E-state index is 0.0134. The third kappa shape index (κ3) is 11.2. The minimum Gasteiger partial charge on any atom is -0.448 e. The number of alkyl carbamates (subject to hydrolysis) is 1. The van der Waals surface area contributed by atoms with Crippen molar-refractivity contribution in [2.75, 3.05) is 26.2 Å². The van der Waals surface area contributed by atoms with Crippen LogP contribution in [-0.4, -0.2) is 32.3 Å². The summed E-state index contributed by atoms with van der Waals surface area (Å²) in [6, 6.07) is 0. The molecule has 0 aliphatic heterocycles. The van der Waals surface area contributed by atoms with Gasteiger partial charge in [-0.3, -0.25) is 11.3 Å². The molecule has 0 aromatic carbocycles. The predicted octanol–water partition coefficient (Wildman–Crippen LogP) is 0.210. The van der Waals surface area contributed by atoms with Crippen molar-refractivity contribution in [2.45, 2.75) is 25.7 Å². The van der Waals surface area contributed by atoms with Gasteiger partial charge in [0, 0.05) is 13.1 Å². The molecule has 7 heteroatoms. The highest BCUT2D eigenvalue weighted by Crippen LogP contribution is 1.97. The highest BCUT2D eigenvalue weighted by molar-refractivity contribution is 5.66. The fourth-order valence-electron chi connectivity index (χ4n) is 1.13. The Morgan fingerprint density at radius 2 is 1.81 bits per heavy atom. The second-order valence-corrected chi connectivity index (χ2v) is 3.31. The molecule has 1 amide bonds. The van der Waals surface area contributed by atoms with E-state index < -0.39 is 6.09 Å². The molecule has 0 atom stereocenters. The molecule has 0 aromatic heterocycles. The number of carbonyl (C=O) groups is 1. The zero-order chi connectivity index (χ0) is 12.1. The van der Waals surface area contributed by atoms with Crippen molar-refractivity contribution in [2.24, 2.45) is 5.84 Å². The molecular weight excluding hydrogens is 215 g/mol. The van der Waals surface area contributed by atoms with Crippen molar-refractivity contribution in [1.29, 1.82) is 0 Å². The van der Waals surface area contributed by atoms with Crippen LogP contribution in [0.3, 0.4) is 0 Å². The predicted molar refractivity (Wildman–Crippen MR) is 59.1 cm³/mol. The van der Waals surface area contributed by atoms with Gasteiger partial charge in [0.2, 0.25) is 0 Å². The number of hydrazine groups is 1. The van der Waals surface area contributed by atoms with Gasteiger partial charge in [-0.15, -0.1) is 4.48 Å². The first-order valence-corrected chi connectivity index (χ1v) is 5.49. The fourth-order valence-corrected chi connectivity index (χ4v) is 1.13. The summed E-state index contributed by atoms with van der Waals surface area (Å²) in [6.45, 7) is 1.44. The minimum atomic E-state index is -0.501. The SMILES string of the molecule is NNCCCCCCNC(=O)OCCNF. The molecular formula is C9H21FN4O2. The Kier molecular flexibility index (Phi) is 11.5. The molecule has 0 fully saturated rings. The molecule has 0 aliphatic carbocycles. The van der Waals surface area contributed by atoms with E-state index in [0.717, 1.165) is 32.2 Å². The van der Waals surface area contributed by atoms with E-state index in [4.69, 9.17) is 5.84 Å². The van der Waals surface area contributed by atoms with Crippen LogP contribution in [0.15, 0.2) is 0 Å². The number of rotatable bonds is 10. The van der Waals surface area contributed by atoms with Crippen molar-refractivity contribution in [1.82, 2.24) is 16.3 Å². The maximum atomic E-state index is 11.4. The van der Waals surface area contributed by atoms with Crippen LogP contribution in [-0.2, 0) is 4.74 Å². The van der Waals surface area contributed by atoms with Gasteiger partial charge in [-0.25, -0.2) is 4.79 Å². The number of amides is 1. The number of nitrogens with one attached hydrogen (secondary N) is 3. The lowest BCUT2D eigenvalue weighted by Gasteiger charge is -2.05. The zero-order valence-electron chi connectivity index (χ0n) is 9.43. The average molecular weight is 236 g/mol. The summed E-state index contributed by atoms with van der Waals surface area (Å²) in [4.78, 5) is 10.9. The molecule has 96 valence electrons. The number of halogens is 1. The lowest BCUT2D eigenvalue weighted by Crippen LogP contribution is -2.27. The second-order valence-electron chi connectivity index (χ2n) is 3.31. The maximum Gasteiger partial charge on any atom is 0.407 e. The molecule has 16 heavy (non-hydrogen) atoms. The van der Waals surface area contributed by atoms with Crippen molar-refractivity contribution >= 4 is 6.09 Å². The molecule has 0 heterocycles. The average Bonchev–Trinajstić information content (AvgIpc) is 2.28. The fraction of sp³-hybridized carbons (Fsp3) is 0.889. The molecule has 0 saturated carbocycles. The third-order valence-corrected chi connectivity index (χ3v) is 1.95. The summed E-state index contributed by atoms with van der Waals surface area (Å²) in [6.07, 6.45) is 3.55. The molecule has 0 saturated heterocycles. The molecule has 5 N–H and O–H groups in total. The van der Waals surface area contributed by atoms with E-state index in [-0.39, 0.29) is 13.2 Å². The van der Waals surface area contributed by atoms with Crippen LogP contribution >= 0.6 is 0 Å². The summed E-state index contributed by atoms with van der Waals surface area (Å²) in [5.41, 5.74) is 3.98. The van der Waals surface area contributed by atoms with Gasteiger partial charge in [0.1, 0.15) is 6.61 Å². The van der Waals surface area contributed by atoms with E-state index in [0.29, 0.717) is 6.54 Å². The Balaban J connectivity index is 3.09. The molecule has 0 spiro atoms. The number of nitrogens with two attached hydrogens (primary N) is 1. The normalized spacial score (nSPS) is 10.1. The van der Waals surface area contributed by atoms with Gasteiger partial charge in [0.05, 0.1) is 6.54 Å². The first kappa shape index (κ1) is 15.1. The Morgan fingerprint density at radius 3 is 2.44 bits per heavy atom.